The van der Waals surface area contributed by atoms with Crippen molar-refractivity contribution < 1.29 is 36.1 Å². The molecule has 1 heterocycles. The van der Waals surface area contributed by atoms with Crippen molar-refractivity contribution >= 4 is 33.7 Å². The standard InChI is InChI=1S/C17H23FN2O7S/c1-17(2,3)27-15(21)19(4)14-7-6-11(8-13(14)18)20-9-12(26-16(20)22)10-25-28(5,23)24/h6-8,12H,9-10H2,1-5H3. The number of carbonyl (C=O) groups excluding carboxylic acids is 2. The third kappa shape index (κ3) is 5.80. The van der Waals surface area contributed by atoms with Gasteiger partial charge in [0.1, 0.15) is 24.1 Å². The molecule has 1 fully saturated rings. The van der Waals surface area contributed by atoms with Crippen molar-refractivity contribution in [1.29, 1.82) is 0 Å². The Labute approximate surface area is 163 Å². The zero-order valence-corrected chi connectivity index (χ0v) is 17.1. The maximum absolute atomic E-state index is 14.5. The Hall–Kier alpha value is -2.40. The lowest BCUT2D eigenvalue weighted by Gasteiger charge is -2.25. The minimum absolute atomic E-state index is 0.00492. The van der Waals surface area contributed by atoms with Crippen LogP contribution in [0.25, 0.3) is 0 Å². The van der Waals surface area contributed by atoms with Crippen molar-refractivity contribution in [2.45, 2.75) is 32.5 Å². The highest BCUT2D eigenvalue weighted by molar-refractivity contribution is 7.85. The number of hydrogen-bond donors (Lipinski definition) is 0. The van der Waals surface area contributed by atoms with Gasteiger partial charge in [-0.1, -0.05) is 0 Å². The molecule has 0 aromatic heterocycles. The molecule has 1 unspecified atom stereocenters. The van der Waals surface area contributed by atoms with Crippen molar-refractivity contribution in [3.8, 4) is 0 Å². The summed E-state index contributed by atoms with van der Waals surface area (Å²) in [5.41, 5.74) is -0.558. The first-order valence-electron chi connectivity index (χ1n) is 8.35. The summed E-state index contributed by atoms with van der Waals surface area (Å²) in [7, 11) is -2.30. The Kier molecular flexibility index (Phi) is 6.19. The molecular formula is C17H23FN2O7S. The molecule has 1 aliphatic heterocycles. The predicted octanol–water partition coefficient (Wildman–Crippen LogP) is 2.50. The van der Waals surface area contributed by atoms with Gasteiger partial charge in [-0.05, 0) is 39.0 Å². The fourth-order valence-electron chi connectivity index (χ4n) is 2.38. The summed E-state index contributed by atoms with van der Waals surface area (Å²) < 4.78 is 51.5. The fraction of sp³-hybridized carbons (Fsp3) is 0.529. The van der Waals surface area contributed by atoms with Gasteiger partial charge in [0.05, 0.1) is 24.2 Å². The van der Waals surface area contributed by atoms with Crippen LogP contribution in [-0.2, 0) is 23.8 Å². The zero-order chi connectivity index (χ0) is 21.3. The molecule has 0 N–H and O–H groups in total. The lowest BCUT2D eigenvalue weighted by molar-refractivity contribution is 0.0588. The first-order chi connectivity index (χ1) is 12.8. The van der Waals surface area contributed by atoms with E-state index < -0.39 is 39.8 Å². The van der Waals surface area contributed by atoms with Crippen LogP contribution in [0.15, 0.2) is 18.2 Å². The molecule has 1 aliphatic rings. The highest BCUT2D eigenvalue weighted by Gasteiger charge is 2.34. The molecule has 0 bridgehead atoms. The second-order valence-electron chi connectivity index (χ2n) is 7.28. The summed E-state index contributed by atoms with van der Waals surface area (Å²) in [5.74, 6) is -0.741. The molecule has 1 saturated heterocycles. The molecule has 1 aromatic carbocycles. The van der Waals surface area contributed by atoms with Gasteiger partial charge < -0.3 is 9.47 Å². The quantitative estimate of drug-likeness (QED) is 0.677. The van der Waals surface area contributed by atoms with Gasteiger partial charge in [0.15, 0.2) is 0 Å². The van der Waals surface area contributed by atoms with Crippen LogP contribution in [0.3, 0.4) is 0 Å². The Morgan fingerprint density at radius 2 is 2.04 bits per heavy atom. The molecule has 28 heavy (non-hydrogen) atoms. The molecule has 1 aromatic rings. The van der Waals surface area contributed by atoms with E-state index in [0.29, 0.717) is 0 Å². The summed E-state index contributed by atoms with van der Waals surface area (Å²) in [5, 5.41) is 0. The normalized spacial score (nSPS) is 17.4. The highest BCUT2D eigenvalue weighted by Crippen LogP contribution is 2.28. The maximum Gasteiger partial charge on any atom is 0.414 e. The van der Waals surface area contributed by atoms with Gasteiger partial charge >= 0.3 is 12.2 Å². The summed E-state index contributed by atoms with van der Waals surface area (Å²) in [4.78, 5) is 26.3. The van der Waals surface area contributed by atoms with E-state index in [0.717, 1.165) is 22.1 Å². The fourth-order valence-corrected chi connectivity index (χ4v) is 2.78. The van der Waals surface area contributed by atoms with Gasteiger partial charge in [-0.2, -0.15) is 8.42 Å². The first kappa shape index (κ1) is 21.9. The molecule has 2 rings (SSSR count). The van der Waals surface area contributed by atoms with Crippen molar-refractivity contribution in [2.75, 3.05) is 36.3 Å². The minimum Gasteiger partial charge on any atom is -0.443 e. The second-order valence-corrected chi connectivity index (χ2v) is 8.92. The molecule has 0 radical (unpaired) electrons. The Morgan fingerprint density at radius 3 is 2.57 bits per heavy atom. The third-order valence-electron chi connectivity index (χ3n) is 3.61. The molecule has 0 aliphatic carbocycles. The first-order valence-corrected chi connectivity index (χ1v) is 10.2. The van der Waals surface area contributed by atoms with Gasteiger partial charge in [0.2, 0.25) is 0 Å². The Balaban J connectivity index is 2.11. The lowest BCUT2D eigenvalue weighted by Crippen LogP contribution is -2.34. The number of halogens is 1. The number of nitrogens with zero attached hydrogens (tertiary/aromatic N) is 2. The number of anilines is 2. The number of carbonyl (C=O) groups is 2. The summed E-state index contributed by atoms with van der Waals surface area (Å²) >= 11 is 0. The molecule has 0 spiro atoms. The van der Waals surface area contributed by atoms with Crippen LogP contribution in [-0.4, -0.2) is 58.8 Å². The van der Waals surface area contributed by atoms with Gasteiger partial charge in [-0.3, -0.25) is 14.0 Å². The van der Waals surface area contributed by atoms with Crippen LogP contribution in [0.2, 0.25) is 0 Å². The monoisotopic (exact) mass is 418 g/mol. The van der Waals surface area contributed by atoms with Crippen LogP contribution in [0.5, 0.6) is 0 Å². The van der Waals surface area contributed by atoms with Gasteiger partial charge in [0.25, 0.3) is 10.1 Å². The van der Waals surface area contributed by atoms with Crippen molar-refractivity contribution in [2.24, 2.45) is 0 Å². The largest absolute Gasteiger partial charge is 0.443 e. The van der Waals surface area contributed by atoms with Crippen LogP contribution >= 0.6 is 0 Å². The minimum atomic E-state index is -3.67. The summed E-state index contributed by atoms with van der Waals surface area (Å²) in [6.07, 6.45) is -1.40. The smallest absolute Gasteiger partial charge is 0.414 e. The van der Waals surface area contributed by atoms with E-state index in [2.05, 4.69) is 4.18 Å². The topological polar surface area (TPSA) is 102 Å². The SMILES string of the molecule is CN(C(=O)OC(C)(C)C)c1ccc(N2CC(COS(C)(=O)=O)OC2=O)cc1F. The number of hydrogen-bond acceptors (Lipinski definition) is 7. The van der Waals surface area contributed by atoms with Gasteiger partial charge in [-0.25, -0.2) is 14.0 Å². The van der Waals surface area contributed by atoms with E-state index >= 15 is 0 Å². The molecule has 11 heteroatoms. The molecule has 2 amide bonds. The number of cyclic esters (lactones) is 1. The predicted molar refractivity (Wildman–Crippen MR) is 99.4 cm³/mol. The molecule has 9 nitrogen and oxygen atoms in total. The number of benzene rings is 1. The van der Waals surface area contributed by atoms with E-state index in [-0.39, 0.29) is 24.5 Å². The molecule has 0 saturated carbocycles. The van der Waals surface area contributed by atoms with Crippen LogP contribution in [0.4, 0.5) is 25.4 Å². The third-order valence-corrected chi connectivity index (χ3v) is 4.18. The van der Waals surface area contributed by atoms with Crippen LogP contribution in [0, 0.1) is 5.82 Å². The van der Waals surface area contributed by atoms with Gasteiger partial charge in [-0.15, -0.1) is 0 Å². The van der Waals surface area contributed by atoms with E-state index in [1.54, 1.807) is 20.8 Å². The Morgan fingerprint density at radius 1 is 1.39 bits per heavy atom. The second kappa shape index (κ2) is 7.92. The summed E-state index contributed by atoms with van der Waals surface area (Å²) in [6, 6.07) is 3.86. The Bertz CT molecular complexity index is 867. The van der Waals surface area contributed by atoms with Crippen LogP contribution < -0.4 is 9.80 Å². The van der Waals surface area contributed by atoms with Crippen molar-refractivity contribution in [3.05, 3.63) is 24.0 Å². The lowest BCUT2D eigenvalue weighted by atomic mass is 10.2. The summed E-state index contributed by atoms with van der Waals surface area (Å²) in [6.45, 7) is 4.75. The number of ether oxygens (including phenoxy) is 2. The average molecular weight is 418 g/mol. The van der Waals surface area contributed by atoms with Gasteiger partial charge in [0, 0.05) is 7.05 Å². The number of amides is 2. The van der Waals surface area contributed by atoms with E-state index in [1.807, 2.05) is 0 Å². The molecule has 156 valence electrons. The van der Waals surface area contributed by atoms with E-state index in [4.69, 9.17) is 9.47 Å². The van der Waals surface area contributed by atoms with Crippen LogP contribution in [0.1, 0.15) is 20.8 Å². The average Bonchev–Trinajstić information content (AvgIpc) is 2.91. The maximum atomic E-state index is 14.5. The highest BCUT2D eigenvalue weighted by atomic mass is 32.2. The van der Waals surface area contributed by atoms with Crippen molar-refractivity contribution in [1.82, 2.24) is 0 Å². The van der Waals surface area contributed by atoms with E-state index in [9.17, 15) is 22.4 Å². The van der Waals surface area contributed by atoms with Crippen molar-refractivity contribution in [3.63, 3.8) is 0 Å². The zero-order valence-electron chi connectivity index (χ0n) is 16.3. The van der Waals surface area contributed by atoms with E-state index in [1.165, 1.54) is 19.2 Å². The number of rotatable bonds is 5. The molecular weight excluding hydrogens is 395 g/mol. The molecule has 1 atom stereocenters.